The first-order valence-corrected chi connectivity index (χ1v) is 9.46. The van der Waals surface area contributed by atoms with Crippen LogP contribution in [-0.4, -0.2) is 27.8 Å². The number of fused-ring (bicyclic) bond motifs is 1. The van der Waals surface area contributed by atoms with Crippen LogP contribution in [0.4, 0.5) is 5.82 Å². The Kier molecular flexibility index (Phi) is 5.24. The third-order valence-electron chi connectivity index (χ3n) is 4.75. The van der Waals surface area contributed by atoms with Gasteiger partial charge in [-0.1, -0.05) is 24.3 Å². The fourth-order valence-electron chi connectivity index (χ4n) is 3.17. The topological polar surface area (TPSA) is 71.3 Å². The molecule has 0 radical (unpaired) electrons. The van der Waals surface area contributed by atoms with Crippen LogP contribution in [-0.2, 0) is 6.54 Å². The molecule has 6 nitrogen and oxygen atoms in total. The summed E-state index contributed by atoms with van der Waals surface area (Å²) in [4.78, 5) is 23.4. The lowest BCUT2D eigenvalue weighted by molar-refractivity contribution is 0.0783. The van der Waals surface area contributed by atoms with E-state index in [4.69, 9.17) is 4.42 Å². The quantitative estimate of drug-likeness (QED) is 0.521. The van der Waals surface area contributed by atoms with Gasteiger partial charge in [0.25, 0.3) is 5.91 Å². The number of carbonyl (C=O) groups is 1. The van der Waals surface area contributed by atoms with E-state index in [1.807, 2.05) is 55.5 Å². The minimum absolute atomic E-state index is 0.0132. The van der Waals surface area contributed by atoms with E-state index in [9.17, 15) is 4.79 Å². The minimum atomic E-state index is -0.0990. The van der Waals surface area contributed by atoms with Gasteiger partial charge in [0, 0.05) is 18.6 Å². The molecule has 0 fully saturated rings. The molecule has 4 rings (SSSR count). The zero-order valence-electron chi connectivity index (χ0n) is 16.4. The lowest BCUT2D eigenvalue weighted by Crippen LogP contribution is -2.26. The SMILES string of the molecule is CC(Nc1ccc(C(=O)N(C)Cc2ccc3ccccc3n2)cn1)c1ccco1. The number of nitrogens with zero attached hydrogens (tertiary/aromatic N) is 3. The van der Waals surface area contributed by atoms with Crippen LogP contribution >= 0.6 is 0 Å². The molecule has 3 aromatic heterocycles. The highest BCUT2D eigenvalue weighted by atomic mass is 16.3. The predicted octanol–water partition coefficient (Wildman–Crippen LogP) is 4.67. The molecule has 146 valence electrons. The Hall–Kier alpha value is -3.67. The maximum atomic E-state index is 12.8. The fourth-order valence-corrected chi connectivity index (χ4v) is 3.17. The average Bonchev–Trinajstić information content (AvgIpc) is 3.29. The number of amides is 1. The van der Waals surface area contributed by atoms with E-state index in [2.05, 4.69) is 15.3 Å². The second-order valence-electron chi connectivity index (χ2n) is 6.97. The Morgan fingerprint density at radius 3 is 2.72 bits per heavy atom. The highest BCUT2D eigenvalue weighted by molar-refractivity contribution is 5.93. The largest absolute Gasteiger partial charge is 0.467 e. The second kappa shape index (κ2) is 8.14. The van der Waals surface area contributed by atoms with Crippen LogP contribution in [0, 0.1) is 0 Å². The van der Waals surface area contributed by atoms with Crippen LogP contribution in [0.1, 0.15) is 34.8 Å². The Labute approximate surface area is 169 Å². The lowest BCUT2D eigenvalue weighted by Gasteiger charge is -2.17. The van der Waals surface area contributed by atoms with E-state index in [0.717, 1.165) is 22.4 Å². The van der Waals surface area contributed by atoms with Gasteiger partial charge in [0.15, 0.2) is 0 Å². The number of furan rings is 1. The summed E-state index contributed by atoms with van der Waals surface area (Å²) in [5, 5.41) is 4.34. The van der Waals surface area contributed by atoms with Crippen molar-refractivity contribution >= 4 is 22.6 Å². The zero-order valence-corrected chi connectivity index (χ0v) is 16.4. The van der Waals surface area contributed by atoms with Gasteiger partial charge in [-0.15, -0.1) is 0 Å². The molecule has 0 bridgehead atoms. The molecule has 0 aliphatic carbocycles. The maximum absolute atomic E-state index is 12.8. The lowest BCUT2D eigenvalue weighted by atomic mass is 10.2. The average molecular weight is 386 g/mol. The number of para-hydroxylation sites is 1. The summed E-state index contributed by atoms with van der Waals surface area (Å²) in [7, 11) is 1.77. The molecule has 4 aromatic rings. The first kappa shape index (κ1) is 18.7. The highest BCUT2D eigenvalue weighted by Crippen LogP contribution is 2.19. The van der Waals surface area contributed by atoms with E-state index in [0.29, 0.717) is 17.9 Å². The summed E-state index contributed by atoms with van der Waals surface area (Å²) in [5.74, 6) is 1.41. The van der Waals surface area contributed by atoms with Gasteiger partial charge in [-0.3, -0.25) is 9.78 Å². The van der Waals surface area contributed by atoms with Gasteiger partial charge in [0.05, 0.1) is 35.6 Å². The standard InChI is InChI=1S/C23H22N4O2/c1-16(21-8-5-13-29-21)25-22-12-10-18(14-24-22)23(28)27(2)15-19-11-9-17-6-3-4-7-20(17)26-19/h3-14,16H,15H2,1-2H3,(H,24,25). The Morgan fingerprint density at radius 2 is 1.97 bits per heavy atom. The first-order chi connectivity index (χ1) is 14.1. The molecule has 29 heavy (non-hydrogen) atoms. The molecule has 0 aliphatic rings. The van der Waals surface area contributed by atoms with Crippen molar-refractivity contribution in [2.45, 2.75) is 19.5 Å². The maximum Gasteiger partial charge on any atom is 0.255 e. The number of pyridine rings is 2. The molecule has 0 saturated carbocycles. The second-order valence-corrected chi connectivity index (χ2v) is 6.97. The number of nitrogens with one attached hydrogen (secondary N) is 1. The highest BCUT2D eigenvalue weighted by Gasteiger charge is 2.14. The van der Waals surface area contributed by atoms with Crippen LogP contribution < -0.4 is 5.32 Å². The molecule has 1 atom stereocenters. The van der Waals surface area contributed by atoms with Crippen LogP contribution in [0.15, 0.2) is 77.5 Å². The van der Waals surface area contributed by atoms with E-state index in [1.165, 1.54) is 0 Å². The molecule has 0 aliphatic heterocycles. The smallest absolute Gasteiger partial charge is 0.255 e. The first-order valence-electron chi connectivity index (χ1n) is 9.46. The van der Waals surface area contributed by atoms with E-state index < -0.39 is 0 Å². The number of anilines is 1. The fraction of sp³-hybridized carbons (Fsp3) is 0.174. The Balaban J connectivity index is 1.41. The summed E-state index contributed by atoms with van der Waals surface area (Å²) in [6.07, 6.45) is 3.23. The van der Waals surface area contributed by atoms with Crippen molar-refractivity contribution in [2.75, 3.05) is 12.4 Å². The van der Waals surface area contributed by atoms with E-state index in [-0.39, 0.29) is 11.9 Å². The van der Waals surface area contributed by atoms with Gasteiger partial charge in [-0.25, -0.2) is 4.98 Å². The van der Waals surface area contributed by atoms with Crippen LogP contribution in [0.5, 0.6) is 0 Å². The molecule has 3 heterocycles. The van der Waals surface area contributed by atoms with Crippen molar-refractivity contribution in [2.24, 2.45) is 0 Å². The Bertz CT molecular complexity index is 1110. The molecular weight excluding hydrogens is 364 g/mol. The minimum Gasteiger partial charge on any atom is -0.467 e. The number of rotatable bonds is 6. The van der Waals surface area contributed by atoms with Gasteiger partial charge >= 0.3 is 0 Å². The van der Waals surface area contributed by atoms with Crippen molar-refractivity contribution in [1.29, 1.82) is 0 Å². The number of aromatic nitrogens is 2. The summed E-state index contributed by atoms with van der Waals surface area (Å²) in [6, 6.07) is 19.2. The van der Waals surface area contributed by atoms with Crippen LogP contribution in [0.25, 0.3) is 10.9 Å². The molecule has 1 amide bonds. The number of hydrogen-bond acceptors (Lipinski definition) is 5. The van der Waals surface area contributed by atoms with Gasteiger partial charge < -0.3 is 14.6 Å². The summed E-state index contributed by atoms with van der Waals surface area (Å²) in [5.41, 5.74) is 2.30. The van der Waals surface area contributed by atoms with Gasteiger partial charge in [-0.2, -0.15) is 0 Å². The number of carbonyl (C=O) groups excluding carboxylic acids is 1. The van der Waals surface area contributed by atoms with Crippen molar-refractivity contribution < 1.29 is 9.21 Å². The zero-order chi connectivity index (χ0) is 20.2. The van der Waals surface area contributed by atoms with Gasteiger partial charge in [0.2, 0.25) is 0 Å². The summed E-state index contributed by atoms with van der Waals surface area (Å²) < 4.78 is 5.39. The molecular formula is C23H22N4O2. The van der Waals surface area contributed by atoms with Crippen LogP contribution in [0.2, 0.25) is 0 Å². The number of hydrogen-bond donors (Lipinski definition) is 1. The molecule has 1 aromatic carbocycles. The molecule has 6 heteroatoms. The van der Waals surface area contributed by atoms with E-state index in [1.54, 1.807) is 36.5 Å². The van der Waals surface area contributed by atoms with Gasteiger partial charge in [0.1, 0.15) is 11.6 Å². The molecule has 0 spiro atoms. The predicted molar refractivity (Wildman–Crippen MR) is 113 cm³/mol. The van der Waals surface area contributed by atoms with Crippen molar-refractivity contribution in [3.05, 3.63) is 90.1 Å². The monoisotopic (exact) mass is 386 g/mol. The summed E-state index contributed by atoms with van der Waals surface area (Å²) >= 11 is 0. The summed E-state index contributed by atoms with van der Waals surface area (Å²) in [6.45, 7) is 2.42. The molecule has 0 saturated heterocycles. The third kappa shape index (κ3) is 4.27. The van der Waals surface area contributed by atoms with Gasteiger partial charge in [-0.05, 0) is 43.3 Å². The van der Waals surface area contributed by atoms with Crippen molar-refractivity contribution in [3.63, 3.8) is 0 Å². The van der Waals surface area contributed by atoms with Crippen molar-refractivity contribution in [3.8, 4) is 0 Å². The normalized spacial score (nSPS) is 11.9. The Morgan fingerprint density at radius 1 is 1.10 bits per heavy atom. The molecule has 1 N–H and O–H groups in total. The van der Waals surface area contributed by atoms with Crippen LogP contribution in [0.3, 0.4) is 0 Å². The third-order valence-corrected chi connectivity index (χ3v) is 4.75. The molecule has 1 unspecified atom stereocenters. The number of benzene rings is 1. The van der Waals surface area contributed by atoms with E-state index >= 15 is 0 Å². The van der Waals surface area contributed by atoms with Crippen molar-refractivity contribution in [1.82, 2.24) is 14.9 Å².